The average Bonchev–Trinajstić information content (AvgIpc) is 3.37. The molecule has 4 aromatic carbocycles. The van der Waals surface area contributed by atoms with Gasteiger partial charge in [0.1, 0.15) is 36.5 Å². The highest BCUT2D eigenvalue weighted by Gasteiger charge is 2.23. The van der Waals surface area contributed by atoms with Gasteiger partial charge in [0.25, 0.3) is 0 Å². The van der Waals surface area contributed by atoms with E-state index in [0.717, 1.165) is 114 Å². The number of hydrogen-bond acceptors (Lipinski definition) is 12. The molecule has 70 heavy (non-hydrogen) atoms. The number of nitrogens with one attached hydrogen (secondary N) is 5. The number of halogens is 2. The lowest BCUT2D eigenvalue weighted by atomic mass is 9.89. The zero-order valence-corrected chi connectivity index (χ0v) is 40.7. The molecule has 4 heterocycles. The number of nitrogens with two attached hydrogens (primary N) is 1. The number of likely N-dealkylation sites (tertiary alicyclic amines) is 2. The Hall–Kier alpha value is -7.23. The molecule has 2 fully saturated rings. The summed E-state index contributed by atoms with van der Waals surface area (Å²) in [5.74, 6) is 3.59. The Bertz CT molecular complexity index is 2690. The molecule has 6 aromatic rings. The van der Waals surface area contributed by atoms with Gasteiger partial charge in [0.15, 0.2) is 0 Å². The molecule has 0 bridgehead atoms. The summed E-state index contributed by atoms with van der Waals surface area (Å²) >= 11 is 0. The molecule has 2 aromatic heterocycles. The van der Waals surface area contributed by atoms with E-state index in [-0.39, 0.29) is 19.3 Å². The van der Waals surface area contributed by atoms with Crippen molar-refractivity contribution in [3.63, 3.8) is 0 Å². The first kappa shape index (κ1) is 50.6. The molecule has 0 spiro atoms. The second kappa shape index (κ2) is 24.9. The highest BCUT2D eigenvalue weighted by molar-refractivity contribution is 5.99. The first-order valence-corrected chi connectivity index (χ1v) is 23.9. The Balaban J connectivity index is 0.000000208. The number of carbonyl (C=O) groups excluding carboxylic acids is 1. The van der Waals surface area contributed by atoms with E-state index in [1.807, 2.05) is 86.8 Å². The molecule has 8 rings (SSSR count). The van der Waals surface area contributed by atoms with Crippen LogP contribution in [-0.4, -0.2) is 92.5 Å². The Morgan fingerprint density at radius 1 is 0.643 bits per heavy atom. The Labute approximate surface area is 410 Å². The minimum Gasteiger partial charge on any atom is -0.495 e. The van der Waals surface area contributed by atoms with E-state index in [4.69, 9.17) is 15.2 Å². The van der Waals surface area contributed by atoms with Crippen LogP contribution in [0.25, 0.3) is 0 Å². The molecule has 368 valence electrons. The van der Waals surface area contributed by atoms with Crippen molar-refractivity contribution in [3.05, 3.63) is 144 Å². The molecule has 2 aliphatic heterocycles. The maximum absolute atomic E-state index is 12.7. The van der Waals surface area contributed by atoms with Crippen LogP contribution in [0.3, 0.4) is 0 Å². The van der Waals surface area contributed by atoms with Crippen molar-refractivity contribution in [2.45, 2.75) is 51.4 Å². The van der Waals surface area contributed by atoms with Crippen LogP contribution in [-0.2, 0) is 4.79 Å². The Morgan fingerprint density at radius 2 is 1.10 bits per heavy atom. The summed E-state index contributed by atoms with van der Waals surface area (Å²) < 4.78 is 36.7. The highest BCUT2D eigenvalue weighted by Crippen LogP contribution is 2.37. The van der Waals surface area contributed by atoms with E-state index < -0.39 is 0 Å². The van der Waals surface area contributed by atoms with Crippen molar-refractivity contribution < 1.29 is 23.0 Å². The number of aromatic nitrogens is 2. The normalized spacial score (nSPS) is 14.4. The molecular formula is C55H66F2N10O3. The van der Waals surface area contributed by atoms with E-state index in [2.05, 4.69) is 83.3 Å². The third-order valence-electron chi connectivity index (χ3n) is 12.9. The standard InChI is InChI=1S/C29H34FN5O2.C26H32FN5O/c1-4-29(36)33-24-7-5-6-23(17-24)32-26-18-28(31-19-20(26)2)34-25-9-8-22(16-27(25)37-3)21-10-13-35(14-11-21)15-12-30;1-18-17-29-26(16-24(18)30-22-5-3-4-21(28)15-22)31-23-7-6-20(14-25(23)33-2)19-8-11-32(12-9-19)13-10-27/h4-9,16-19,21H,1,10-15H2,2-3H3,(H,33,36)(H2,31,32,34);3-7,14-17,19H,8-13,28H2,1-2H3,(H2,29,30,31). The van der Waals surface area contributed by atoms with Gasteiger partial charge in [0.2, 0.25) is 5.91 Å². The summed E-state index contributed by atoms with van der Waals surface area (Å²) in [6.07, 6.45) is 8.99. The smallest absolute Gasteiger partial charge is 0.247 e. The predicted octanol–water partition coefficient (Wildman–Crippen LogP) is 11.8. The van der Waals surface area contributed by atoms with Gasteiger partial charge in [-0.15, -0.1) is 0 Å². The van der Waals surface area contributed by atoms with Crippen LogP contribution in [0.4, 0.5) is 65.9 Å². The monoisotopic (exact) mass is 953 g/mol. The number of nitrogens with zero attached hydrogens (tertiary/aromatic N) is 4. The molecule has 1 amide bonds. The summed E-state index contributed by atoms with van der Waals surface area (Å²) in [6, 6.07) is 31.6. The van der Waals surface area contributed by atoms with Crippen LogP contribution < -0.4 is 41.8 Å². The molecule has 0 radical (unpaired) electrons. The summed E-state index contributed by atoms with van der Waals surface area (Å²) in [7, 11) is 3.35. The fourth-order valence-corrected chi connectivity index (χ4v) is 8.87. The molecule has 0 unspecified atom stereocenters. The number of piperidine rings is 2. The third-order valence-corrected chi connectivity index (χ3v) is 12.9. The van der Waals surface area contributed by atoms with Crippen molar-refractivity contribution in [1.82, 2.24) is 19.8 Å². The topological polar surface area (TPSA) is 154 Å². The number of aryl methyl sites for hydroxylation is 2. The summed E-state index contributed by atoms with van der Waals surface area (Å²) in [5, 5.41) is 16.4. The number of carbonyl (C=O) groups is 1. The fourth-order valence-electron chi connectivity index (χ4n) is 8.87. The molecule has 7 N–H and O–H groups in total. The minimum atomic E-state index is -0.288. The molecule has 0 aliphatic carbocycles. The quantitative estimate of drug-likeness (QED) is 0.0359. The van der Waals surface area contributed by atoms with Crippen LogP contribution in [0, 0.1) is 13.8 Å². The van der Waals surface area contributed by atoms with Crippen molar-refractivity contribution in [2.24, 2.45) is 0 Å². The van der Waals surface area contributed by atoms with Gasteiger partial charge in [-0.3, -0.25) is 4.79 Å². The molecule has 13 nitrogen and oxygen atoms in total. The molecule has 2 aliphatic rings. The van der Waals surface area contributed by atoms with Crippen molar-refractivity contribution in [1.29, 1.82) is 0 Å². The SMILES string of the molecule is C=CC(=O)Nc1cccc(Nc2cc(Nc3ccc(C4CCN(CCF)CC4)cc3OC)ncc2C)c1.COc1cc(C2CCN(CCF)CC2)ccc1Nc1cc(Nc2cccc(N)c2)c(C)cn1. The summed E-state index contributed by atoms with van der Waals surface area (Å²) in [6.45, 7) is 11.7. The van der Waals surface area contributed by atoms with E-state index >= 15 is 0 Å². The maximum Gasteiger partial charge on any atom is 0.247 e. The molecular weight excluding hydrogens is 887 g/mol. The van der Waals surface area contributed by atoms with Crippen LogP contribution >= 0.6 is 0 Å². The number of hydrogen-bond donors (Lipinski definition) is 6. The van der Waals surface area contributed by atoms with Gasteiger partial charge in [-0.1, -0.05) is 30.8 Å². The second-order valence-corrected chi connectivity index (χ2v) is 17.7. The third kappa shape index (κ3) is 13.9. The lowest BCUT2D eigenvalue weighted by molar-refractivity contribution is -0.111. The number of ether oxygens (including phenoxy) is 2. The number of benzene rings is 4. The fraction of sp³-hybridized carbons (Fsp3) is 0.327. The average molecular weight is 953 g/mol. The van der Waals surface area contributed by atoms with Crippen LogP contribution in [0.2, 0.25) is 0 Å². The van der Waals surface area contributed by atoms with E-state index in [1.165, 1.54) is 17.2 Å². The minimum absolute atomic E-state index is 0.258. The van der Waals surface area contributed by atoms with E-state index in [1.54, 1.807) is 20.4 Å². The van der Waals surface area contributed by atoms with Gasteiger partial charge >= 0.3 is 0 Å². The van der Waals surface area contributed by atoms with Crippen molar-refractivity contribution in [2.75, 3.05) is 99.2 Å². The summed E-state index contributed by atoms with van der Waals surface area (Å²) in [4.78, 5) is 25.1. The number of alkyl halides is 2. The van der Waals surface area contributed by atoms with E-state index in [0.29, 0.717) is 42.1 Å². The Morgan fingerprint density at radius 3 is 1.54 bits per heavy atom. The molecule has 15 heteroatoms. The van der Waals surface area contributed by atoms with Crippen molar-refractivity contribution >= 4 is 63.0 Å². The van der Waals surface area contributed by atoms with Gasteiger partial charge < -0.3 is 51.6 Å². The van der Waals surface area contributed by atoms with Crippen LogP contribution in [0.1, 0.15) is 59.8 Å². The van der Waals surface area contributed by atoms with Crippen molar-refractivity contribution in [3.8, 4) is 11.5 Å². The second-order valence-electron chi connectivity index (χ2n) is 17.7. The van der Waals surface area contributed by atoms with Gasteiger partial charge in [0, 0.05) is 71.7 Å². The first-order valence-electron chi connectivity index (χ1n) is 23.9. The number of amides is 1. The van der Waals surface area contributed by atoms with Gasteiger partial charge in [-0.05, 0) is 167 Å². The lowest BCUT2D eigenvalue weighted by Crippen LogP contribution is -2.34. The van der Waals surface area contributed by atoms with Gasteiger partial charge in [-0.2, -0.15) is 0 Å². The molecule has 0 saturated carbocycles. The lowest BCUT2D eigenvalue weighted by Gasteiger charge is -2.31. The van der Waals surface area contributed by atoms with Crippen LogP contribution in [0.5, 0.6) is 11.5 Å². The number of methoxy groups -OCH3 is 2. The number of pyridine rings is 2. The summed E-state index contributed by atoms with van der Waals surface area (Å²) in [5.41, 5.74) is 17.1. The molecule has 0 atom stereocenters. The Kier molecular flexibility index (Phi) is 18.0. The van der Waals surface area contributed by atoms with Gasteiger partial charge in [0.05, 0.1) is 25.6 Å². The zero-order chi connectivity index (χ0) is 49.4. The first-order chi connectivity index (χ1) is 34.0. The van der Waals surface area contributed by atoms with Gasteiger partial charge in [-0.25, -0.2) is 18.7 Å². The zero-order valence-electron chi connectivity index (χ0n) is 40.7. The number of anilines is 10. The maximum atomic E-state index is 12.7. The highest BCUT2D eigenvalue weighted by atomic mass is 19.1. The van der Waals surface area contributed by atoms with Crippen LogP contribution in [0.15, 0.2) is 122 Å². The number of rotatable bonds is 18. The molecule has 2 saturated heterocycles. The largest absolute Gasteiger partial charge is 0.495 e. The van der Waals surface area contributed by atoms with E-state index in [9.17, 15) is 13.6 Å². The number of nitrogen functional groups attached to an aromatic ring is 1. The predicted molar refractivity (Wildman–Crippen MR) is 282 cm³/mol.